The molecule has 0 saturated carbocycles. The lowest BCUT2D eigenvalue weighted by Crippen LogP contribution is -2.13. The van der Waals surface area contributed by atoms with Gasteiger partial charge in [-0.15, -0.1) is 0 Å². The molecule has 0 atom stereocenters. The van der Waals surface area contributed by atoms with E-state index in [2.05, 4.69) is 4.99 Å². The second kappa shape index (κ2) is 7.45. The second-order valence-electron chi connectivity index (χ2n) is 5.69. The lowest BCUT2D eigenvalue weighted by atomic mass is 10.2. The number of ether oxygens (including phenoxy) is 1. The van der Waals surface area contributed by atoms with Gasteiger partial charge >= 0.3 is 0 Å². The number of carbonyl (C=O) groups is 1. The van der Waals surface area contributed by atoms with Crippen LogP contribution in [0.2, 0.25) is 0 Å². The molecule has 3 aromatic rings. The first-order valence-corrected chi connectivity index (χ1v) is 8.77. The van der Waals surface area contributed by atoms with Crippen molar-refractivity contribution in [2.24, 2.45) is 12.0 Å². The van der Waals surface area contributed by atoms with E-state index in [0.717, 1.165) is 26.3 Å². The van der Waals surface area contributed by atoms with Gasteiger partial charge in [-0.1, -0.05) is 35.6 Å². The van der Waals surface area contributed by atoms with Crippen LogP contribution in [0.25, 0.3) is 10.2 Å². The summed E-state index contributed by atoms with van der Waals surface area (Å²) >= 11 is 1.53. The van der Waals surface area contributed by atoms with E-state index in [1.807, 2.05) is 67.1 Å². The van der Waals surface area contributed by atoms with Crippen LogP contribution >= 0.6 is 11.3 Å². The molecule has 0 aliphatic carbocycles. The molecule has 0 saturated heterocycles. The van der Waals surface area contributed by atoms with E-state index in [4.69, 9.17) is 4.74 Å². The predicted octanol–water partition coefficient (Wildman–Crippen LogP) is 3.83. The van der Waals surface area contributed by atoms with E-state index in [1.54, 1.807) is 0 Å². The standard InChI is InChI=1S/C19H20N2O2S/c1-14-7-5-8-15(13-14)23-12-6-11-18(22)20-19-21(2)16-9-3-4-10-17(16)24-19/h3-5,7-10,13H,6,11-12H2,1-2H3. The summed E-state index contributed by atoms with van der Waals surface area (Å²) in [6, 6.07) is 16.0. The third-order valence-electron chi connectivity index (χ3n) is 3.73. The lowest BCUT2D eigenvalue weighted by Gasteiger charge is -2.05. The second-order valence-corrected chi connectivity index (χ2v) is 6.69. The van der Waals surface area contributed by atoms with E-state index in [-0.39, 0.29) is 5.91 Å². The Morgan fingerprint density at radius 1 is 1.21 bits per heavy atom. The maximum atomic E-state index is 12.1. The Kier molecular flexibility index (Phi) is 5.11. The summed E-state index contributed by atoms with van der Waals surface area (Å²) in [4.78, 5) is 17.1. The maximum Gasteiger partial charge on any atom is 0.248 e. The normalized spacial score (nSPS) is 11.8. The van der Waals surface area contributed by atoms with Gasteiger partial charge in [0, 0.05) is 13.5 Å². The fourth-order valence-electron chi connectivity index (χ4n) is 2.47. The van der Waals surface area contributed by atoms with Gasteiger partial charge in [0.25, 0.3) is 0 Å². The molecule has 0 N–H and O–H groups in total. The first-order chi connectivity index (χ1) is 11.6. The molecule has 2 aromatic carbocycles. The highest BCUT2D eigenvalue weighted by atomic mass is 32.1. The minimum atomic E-state index is -0.106. The summed E-state index contributed by atoms with van der Waals surface area (Å²) < 4.78 is 8.76. The Morgan fingerprint density at radius 3 is 2.83 bits per heavy atom. The summed E-state index contributed by atoms with van der Waals surface area (Å²) in [5.41, 5.74) is 2.26. The molecule has 1 amide bonds. The molecule has 1 heterocycles. The smallest absolute Gasteiger partial charge is 0.248 e. The van der Waals surface area contributed by atoms with Gasteiger partial charge in [0.05, 0.1) is 16.8 Å². The quantitative estimate of drug-likeness (QED) is 0.663. The SMILES string of the molecule is Cc1cccc(OCCCC(=O)N=c2sc3ccccc3n2C)c1. The topological polar surface area (TPSA) is 43.6 Å². The van der Waals surface area contributed by atoms with Gasteiger partial charge in [0.15, 0.2) is 4.80 Å². The number of rotatable bonds is 5. The molecule has 4 nitrogen and oxygen atoms in total. The molecule has 0 aliphatic heterocycles. The van der Waals surface area contributed by atoms with Crippen LogP contribution in [0.5, 0.6) is 5.75 Å². The van der Waals surface area contributed by atoms with E-state index in [0.29, 0.717) is 19.4 Å². The molecule has 1 aromatic heterocycles. The molecule has 0 spiro atoms. The van der Waals surface area contributed by atoms with Crippen molar-refractivity contribution in [3.05, 3.63) is 58.9 Å². The number of aromatic nitrogens is 1. The van der Waals surface area contributed by atoms with E-state index < -0.39 is 0 Å². The highest BCUT2D eigenvalue weighted by Crippen LogP contribution is 2.15. The van der Waals surface area contributed by atoms with Crippen molar-refractivity contribution >= 4 is 27.5 Å². The number of thiazole rings is 1. The summed E-state index contributed by atoms with van der Waals surface area (Å²) in [6.45, 7) is 2.55. The molecule has 0 unspecified atom stereocenters. The number of amides is 1. The Labute approximate surface area is 145 Å². The Hall–Kier alpha value is -2.40. The van der Waals surface area contributed by atoms with Gasteiger partial charge in [-0.2, -0.15) is 4.99 Å². The van der Waals surface area contributed by atoms with Crippen molar-refractivity contribution < 1.29 is 9.53 Å². The number of nitrogens with zero attached hydrogens (tertiary/aromatic N) is 2. The van der Waals surface area contributed by atoms with E-state index in [9.17, 15) is 4.79 Å². The third-order valence-corrected chi connectivity index (χ3v) is 4.84. The number of carbonyl (C=O) groups excluding carboxylic acids is 1. The van der Waals surface area contributed by atoms with Crippen LogP contribution in [0.3, 0.4) is 0 Å². The van der Waals surface area contributed by atoms with Gasteiger partial charge in [-0.3, -0.25) is 4.79 Å². The van der Waals surface area contributed by atoms with Crippen molar-refractivity contribution in [1.29, 1.82) is 0 Å². The Balaban J connectivity index is 1.58. The summed E-state index contributed by atoms with van der Waals surface area (Å²) in [7, 11) is 1.94. The molecule has 0 radical (unpaired) electrons. The van der Waals surface area contributed by atoms with Crippen molar-refractivity contribution in [2.45, 2.75) is 19.8 Å². The van der Waals surface area contributed by atoms with Crippen LogP contribution in [0.15, 0.2) is 53.5 Å². The monoisotopic (exact) mass is 340 g/mol. The van der Waals surface area contributed by atoms with Crippen LogP contribution in [0.4, 0.5) is 0 Å². The highest BCUT2D eigenvalue weighted by Gasteiger charge is 2.05. The van der Waals surface area contributed by atoms with Crippen LogP contribution in [0, 0.1) is 6.92 Å². The highest BCUT2D eigenvalue weighted by molar-refractivity contribution is 7.16. The molecule has 0 aliphatic rings. The van der Waals surface area contributed by atoms with Crippen LogP contribution < -0.4 is 9.54 Å². The zero-order chi connectivity index (χ0) is 16.9. The lowest BCUT2D eigenvalue weighted by molar-refractivity contribution is -0.118. The van der Waals surface area contributed by atoms with Crippen molar-refractivity contribution in [3.8, 4) is 5.75 Å². The van der Waals surface area contributed by atoms with E-state index in [1.165, 1.54) is 11.3 Å². The minimum Gasteiger partial charge on any atom is -0.494 e. The Morgan fingerprint density at radius 2 is 2.04 bits per heavy atom. The van der Waals surface area contributed by atoms with Crippen molar-refractivity contribution in [3.63, 3.8) is 0 Å². The summed E-state index contributed by atoms with van der Waals surface area (Å²) in [6.07, 6.45) is 1.05. The molecule has 0 fully saturated rings. The molecular formula is C19H20N2O2S. The van der Waals surface area contributed by atoms with Gasteiger partial charge in [-0.05, 0) is 43.2 Å². The minimum absolute atomic E-state index is 0.106. The fraction of sp³-hybridized carbons (Fsp3) is 0.263. The zero-order valence-corrected chi connectivity index (χ0v) is 14.7. The Bertz CT molecular complexity index is 924. The first kappa shape index (κ1) is 16.5. The van der Waals surface area contributed by atoms with Gasteiger partial charge in [-0.25, -0.2) is 0 Å². The molecule has 124 valence electrons. The summed E-state index contributed by atoms with van der Waals surface area (Å²) in [5.74, 6) is 0.736. The zero-order valence-electron chi connectivity index (χ0n) is 13.9. The van der Waals surface area contributed by atoms with Gasteiger partial charge < -0.3 is 9.30 Å². The van der Waals surface area contributed by atoms with Crippen molar-refractivity contribution in [1.82, 2.24) is 4.57 Å². The number of hydrogen-bond acceptors (Lipinski definition) is 3. The fourth-order valence-corrected chi connectivity index (χ4v) is 3.50. The number of fused-ring (bicyclic) bond motifs is 1. The number of para-hydroxylation sites is 1. The van der Waals surface area contributed by atoms with Crippen LogP contribution in [-0.2, 0) is 11.8 Å². The summed E-state index contributed by atoms with van der Waals surface area (Å²) in [5, 5.41) is 0. The average molecular weight is 340 g/mol. The molecule has 3 rings (SSSR count). The van der Waals surface area contributed by atoms with Crippen molar-refractivity contribution in [2.75, 3.05) is 6.61 Å². The van der Waals surface area contributed by atoms with E-state index >= 15 is 0 Å². The average Bonchev–Trinajstić information content (AvgIpc) is 2.88. The largest absolute Gasteiger partial charge is 0.494 e. The van der Waals surface area contributed by atoms with Crippen LogP contribution in [0.1, 0.15) is 18.4 Å². The van der Waals surface area contributed by atoms with Gasteiger partial charge in [0.1, 0.15) is 5.75 Å². The molecule has 24 heavy (non-hydrogen) atoms. The molecular weight excluding hydrogens is 320 g/mol. The van der Waals surface area contributed by atoms with Crippen LogP contribution in [-0.4, -0.2) is 17.1 Å². The number of aryl methyl sites for hydroxylation is 2. The number of benzene rings is 2. The number of hydrogen-bond donors (Lipinski definition) is 0. The third kappa shape index (κ3) is 3.92. The molecule has 0 bridgehead atoms. The predicted molar refractivity (Wildman–Crippen MR) is 97.3 cm³/mol. The first-order valence-electron chi connectivity index (χ1n) is 7.95. The van der Waals surface area contributed by atoms with Gasteiger partial charge in [0.2, 0.25) is 5.91 Å². The molecule has 5 heteroatoms. The maximum absolute atomic E-state index is 12.1.